The number of hydrogen-bond acceptors (Lipinski definition) is 4. The van der Waals surface area contributed by atoms with Crippen molar-refractivity contribution >= 4 is 34.8 Å². The molecule has 0 bridgehead atoms. The lowest BCUT2D eigenvalue weighted by molar-refractivity contribution is -0.120. The number of anilines is 1. The molecule has 1 aliphatic heterocycles. The zero-order valence-electron chi connectivity index (χ0n) is 9.04. The van der Waals surface area contributed by atoms with Crippen LogP contribution in [0.2, 0.25) is 10.3 Å². The highest BCUT2D eigenvalue weighted by Gasteiger charge is 2.22. The summed E-state index contributed by atoms with van der Waals surface area (Å²) >= 11 is 11.7. The SMILES string of the molecule is O=C(Nc1c(Cl)ncnc1Cl)[C@@H]1CCCNC1. The maximum atomic E-state index is 11.9. The number of amides is 1. The van der Waals surface area contributed by atoms with Gasteiger partial charge in [0.05, 0.1) is 5.92 Å². The van der Waals surface area contributed by atoms with E-state index in [9.17, 15) is 4.79 Å². The molecule has 0 saturated carbocycles. The van der Waals surface area contributed by atoms with Crippen LogP contribution in [0.1, 0.15) is 12.8 Å². The molecule has 92 valence electrons. The lowest BCUT2D eigenvalue weighted by atomic mass is 9.99. The third-order valence-electron chi connectivity index (χ3n) is 2.67. The molecule has 2 rings (SSSR count). The predicted molar refractivity (Wildman–Crippen MR) is 66.3 cm³/mol. The molecule has 0 aromatic carbocycles. The first-order valence-corrected chi connectivity index (χ1v) is 6.11. The lowest BCUT2D eigenvalue weighted by Crippen LogP contribution is -2.37. The Balaban J connectivity index is 2.07. The first-order chi connectivity index (χ1) is 8.18. The minimum absolute atomic E-state index is 0.0592. The van der Waals surface area contributed by atoms with E-state index in [2.05, 4.69) is 20.6 Å². The molecule has 7 heteroatoms. The summed E-state index contributed by atoms with van der Waals surface area (Å²) in [4.78, 5) is 19.5. The van der Waals surface area contributed by atoms with Crippen LogP contribution < -0.4 is 10.6 Å². The van der Waals surface area contributed by atoms with Gasteiger partial charge in [-0.3, -0.25) is 4.79 Å². The highest BCUT2D eigenvalue weighted by Crippen LogP contribution is 2.26. The van der Waals surface area contributed by atoms with Crippen molar-refractivity contribution < 1.29 is 4.79 Å². The van der Waals surface area contributed by atoms with Crippen molar-refractivity contribution in [3.63, 3.8) is 0 Å². The number of rotatable bonds is 2. The van der Waals surface area contributed by atoms with Crippen molar-refractivity contribution in [3.8, 4) is 0 Å². The Morgan fingerprint density at radius 2 is 2.12 bits per heavy atom. The number of halogens is 2. The Morgan fingerprint density at radius 3 is 2.71 bits per heavy atom. The molecular weight excluding hydrogens is 263 g/mol. The minimum Gasteiger partial charge on any atom is -0.321 e. The Labute approximate surface area is 109 Å². The fraction of sp³-hybridized carbons (Fsp3) is 0.500. The van der Waals surface area contributed by atoms with Crippen molar-refractivity contribution in [2.75, 3.05) is 18.4 Å². The summed E-state index contributed by atoms with van der Waals surface area (Å²) in [5, 5.41) is 6.16. The van der Waals surface area contributed by atoms with E-state index < -0.39 is 0 Å². The molecule has 0 spiro atoms. The second-order valence-electron chi connectivity index (χ2n) is 3.86. The van der Waals surface area contributed by atoms with Gasteiger partial charge >= 0.3 is 0 Å². The van der Waals surface area contributed by atoms with Gasteiger partial charge in [0.25, 0.3) is 0 Å². The average Bonchev–Trinajstić information content (AvgIpc) is 2.35. The number of aromatic nitrogens is 2. The standard InChI is InChI=1S/C10H12Cl2N4O/c11-8-7(9(12)15-5-14-8)16-10(17)6-2-1-3-13-4-6/h5-6,13H,1-4H2,(H,16,17)/t6-/m1/s1. The van der Waals surface area contributed by atoms with Crippen LogP contribution in [0.25, 0.3) is 0 Å². The highest BCUT2D eigenvalue weighted by atomic mass is 35.5. The molecule has 17 heavy (non-hydrogen) atoms. The number of nitrogens with one attached hydrogen (secondary N) is 2. The van der Waals surface area contributed by atoms with Gasteiger partial charge < -0.3 is 10.6 Å². The van der Waals surface area contributed by atoms with Gasteiger partial charge in [0, 0.05) is 6.54 Å². The maximum Gasteiger partial charge on any atom is 0.228 e. The zero-order chi connectivity index (χ0) is 12.3. The van der Waals surface area contributed by atoms with Crippen molar-refractivity contribution in [2.45, 2.75) is 12.8 Å². The smallest absolute Gasteiger partial charge is 0.228 e. The van der Waals surface area contributed by atoms with Gasteiger partial charge in [-0.1, -0.05) is 23.2 Å². The molecule has 1 fully saturated rings. The van der Waals surface area contributed by atoms with Crippen LogP contribution in [0, 0.1) is 5.92 Å². The fourth-order valence-corrected chi connectivity index (χ4v) is 2.16. The van der Waals surface area contributed by atoms with Crippen LogP contribution in [0.15, 0.2) is 6.33 Å². The van der Waals surface area contributed by atoms with Gasteiger partial charge in [-0.05, 0) is 19.4 Å². The molecule has 1 aliphatic rings. The monoisotopic (exact) mass is 274 g/mol. The molecule has 0 aliphatic carbocycles. The first kappa shape index (κ1) is 12.5. The fourth-order valence-electron chi connectivity index (χ4n) is 1.75. The van der Waals surface area contributed by atoms with Crippen molar-refractivity contribution in [1.82, 2.24) is 15.3 Å². The van der Waals surface area contributed by atoms with Crippen LogP contribution in [-0.2, 0) is 4.79 Å². The summed E-state index contributed by atoms with van der Waals surface area (Å²) in [6, 6.07) is 0. The molecule has 1 amide bonds. The Bertz CT molecular complexity index is 401. The number of piperidine rings is 1. The third kappa shape index (κ3) is 3.06. The summed E-state index contributed by atoms with van der Waals surface area (Å²) < 4.78 is 0. The van der Waals surface area contributed by atoms with Gasteiger partial charge in [0.15, 0.2) is 10.3 Å². The molecule has 1 aromatic heterocycles. The second kappa shape index (κ2) is 5.62. The maximum absolute atomic E-state index is 11.9. The van der Waals surface area contributed by atoms with E-state index in [-0.39, 0.29) is 27.8 Å². The van der Waals surface area contributed by atoms with Crippen LogP contribution in [0.5, 0.6) is 0 Å². The summed E-state index contributed by atoms with van der Waals surface area (Å²) in [7, 11) is 0. The van der Waals surface area contributed by atoms with E-state index in [0.717, 1.165) is 19.4 Å². The molecule has 2 heterocycles. The van der Waals surface area contributed by atoms with E-state index in [0.29, 0.717) is 6.54 Å². The first-order valence-electron chi connectivity index (χ1n) is 5.36. The number of hydrogen-bond donors (Lipinski definition) is 2. The second-order valence-corrected chi connectivity index (χ2v) is 4.58. The number of nitrogens with zero attached hydrogens (tertiary/aromatic N) is 2. The van der Waals surface area contributed by atoms with Crippen LogP contribution in [0.4, 0.5) is 5.69 Å². The van der Waals surface area contributed by atoms with Gasteiger partial charge in [-0.25, -0.2) is 9.97 Å². The Morgan fingerprint density at radius 1 is 1.41 bits per heavy atom. The lowest BCUT2D eigenvalue weighted by Gasteiger charge is -2.22. The molecule has 2 N–H and O–H groups in total. The topological polar surface area (TPSA) is 66.9 Å². The minimum atomic E-state index is -0.101. The number of carbonyl (C=O) groups excluding carboxylic acids is 1. The summed E-state index contributed by atoms with van der Waals surface area (Å²) in [6.07, 6.45) is 3.11. The van der Waals surface area contributed by atoms with Crippen LogP contribution >= 0.6 is 23.2 Å². The van der Waals surface area contributed by atoms with E-state index >= 15 is 0 Å². The largest absolute Gasteiger partial charge is 0.321 e. The summed E-state index contributed by atoms with van der Waals surface area (Å²) in [6.45, 7) is 1.63. The van der Waals surface area contributed by atoms with Gasteiger partial charge in [-0.15, -0.1) is 0 Å². The molecule has 1 atom stereocenters. The normalized spacial score (nSPS) is 20.0. The van der Waals surface area contributed by atoms with E-state index in [4.69, 9.17) is 23.2 Å². The van der Waals surface area contributed by atoms with E-state index in [1.54, 1.807) is 0 Å². The zero-order valence-corrected chi connectivity index (χ0v) is 10.6. The Hall–Kier alpha value is -0.910. The predicted octanol–water partition coefficient (Wildman–Crippen LogP) is 1.72. The summed E-state index contributed by atoms with van der Waals surface area (Å²) in [5.41, 5.74) is 0.284. The molecule has 5 nitrogen and oxygen atoms in total. The van der Waals surface area contributed by atoms with Gasteiger partial charge in [0.2, 0.25) is 5.91 Å². The molecule has 0 radical (unpaired) electrons. The van der Waals surface area contributed by atoms with Gasteiger partial charge in [-0.2, -0.15) is 0 Å². The Kier molecular flexibility index (Phi) is 4.15. The van der Waals surface area contributed by atoms with E-state index in [1.165, 1.54) is 6.33 Å². The number of carbonyl (C=O) groups is 1. The van der Waals surface area contributed by atoms with Crippen molar-refractivity contribution in [2.24, 2.45) is 5.92 Å². The average molecular weight is 275 g/mol. The van der Waals surface area contributed by atoms with Gasteiger partial charge in [0.1, 0.15) is 12.0 Å². The summed E-state index contributed by atoms with van der Waals surface area (Å²) in [5.74, 6) is -0.160. The molecular formula is C10H12Cl2N4O. The van der Waals surface area contributed by atoms with E-state index in [1.807, 2.05) is 0 Å². The van der Waals surface area contributed by atoms with Crippen molar-refractivity contribution in [3.05, 3.63) is 16.6 Å². The van der Waals surface area contributed by atoms with Crippen LogP contribution in [0.3, 0.4) is 0 Å². The van der Waals surface area contributed by atoms with Crippen LogP contribution in [-0.4, -0.2) is 29.0 Å². The molecule has 0 unspecified atom stereocenters. The molecule has 1 aromatic rings. The molecule has 1 saturated heterocycles. The highest BCUT2D eigenvalue weighted by molar-refractivity contribution is 6.38. The quantitative estimate of drug-likeness (QED) is 0.806. The van der Waals surface area contributed by atoms with Crippen molar-refractivity contribution in [1.29, 1.82) is 0 Å². The third-order valence-corrected chi connectivity index (χ3v) is 3.24.